The van der Waals surface area contributed by atoms with Gasteiger partial charge in [0.2, 0.25) is 0 Å². The summed E-state index contributed by atoms with van der Waals surface area (Å²) in [5.41, 5.74) is 0. The quantitative estimate of drug-likeness (QED) is 0.271. The molecular formula is C12H25LiO4S. The van der Waals surface area contributed by atoms with Gasteiger partial charge in [-0.2, -0.15) is 8.42 Å². The second kappa shape index (κ2) is 13.5. The van der Waals surface area contributed by atoms with Gasteiger partial charge in [-0.25, -0.2) is 0 Å². The molecule has 0 atom stereocenters. The molecule has 0 unspecified atom stereocenters. The standard InChI is InChI=1S/C12H24O4S.Li.H/c1-2-3-4-5-6-7-8-9-10-11-12-16-17(13,14)15;;/h11-12H,2-10H2,1H3,(H,13,14,15);;. The first-order chi connectivity index (χ1) is 8.06. The summed E-state index contributed by atoms with van der Waals surface area (Å²) in [6.07, 6.45) is 13.4. The molecule has 0 fully saturated rings. The van der Waals surface area contributed by atoms with Crippen molar-refractivity contribution in [1.82, 2.24) is 0 Å². The molecule has 0 aromatic heterocycles. The molecule has 0 spiro atoms. The van der Waals surface area contributed by atoms with Gasteiger partial charge in [0.1, 0.15) is 6.26 Å². The van der Waals surface area contributed by atoms with Crippen molar-refractivity contribution in [2.24, 2.45) is 0 Å². The molecule has 104 valence electrons. The molecule has 0 aliphatic heterocycles. The molecule has 18 heavy (non-hydrogen) atoms. The van der Waals surface area contributed by atoms with Crippen LogP contribution >= 0.6 is 0 Å². The maximum atomic E-state index is 10.2. The molecule has 0 aliphatic carbocycles. The normalized spacial score (nSPS) is 11.4. The molecule has 0 aromatic carbocycles. The average molecular weight is 272 g/mol. The summed E-state index contributed by atoms with van der Waals surface area (Å²) in [5, 5.41) is 0. The molecule has 0 heterocycles. The number of rotatable bonds is 11. The van der Waals surface area contributed by atoms with Crippen molar-refractivity contribution in [3.63, 3.8) is 0 Å². The SMILES string of the molecule is CCCCCCCCCCC=COS(=O)(=O)O.[LiH]. The molecule has 0 bridgehead atoms. The summed E-state index contributed by atoms with van der Waals surface area (Å²) < 4.78 is 32.7. The van der Waals surface area contributed by atoms with Crippen molar-refractivity contribution in [1.29, 1.82) is 0 Å². The number of allylic oxidation sites excluding steroid dienone is 1. The van der Waals surface area contributed by atoms with E-state index in [0.717, 1.165) is 25.5 Å². The van der Waals surface area contributed by atoms with Crippen molar-refractivity contribution in [3.05, 3.63) is 12.3 Å². The van der Waals surface area contributed by atoms with Crippen LogP contribution in [0.3, 0.4) is 0 Å². The first-order valence-electron chi connectivity index (χ1n) is 6.37. The van der Waals surface area contributed by atoms with Crippen molar-refractivity contribution < 1.29 is 17.2 Å². The Morgan fingerprint density at radius 2 is 1.50 bits per heavy atom. The second-order valence-electron chi connectivity index (χ2n) is 4.16. The van der Waals surface area contributed by atoms with E-state index < -0.39 is 10.4 Å². The zero-order valence-corrected chi connectivity index (χ0v) is 11.4. The van der Waals surface area contributed by atoms with Gasteiger partial charge in [0.25, 0.3) is 0 Å². The van der Waals surface area contributed by atoms with Crippen LogP contribution in [-0.4, -0.2) is 31.8 Å². The van der Waals surface area contributed by atoms with Crippen molar-refractivity contribution >= 4 is 29.3 Å². The molecular weight excluding hydrogens is 247 g/mol. The van der Waals surface area contributed by atoms with Crippen LogP contribution < -0.4 is 0 Å². The van der Waals surface area contributed by atoms with Crippen molar-refractivity contribution in [3.8, 4) is 0 Å². The van der Waals surface area contributed by atoms with Gasteiger partial charge >= 0.3 is 29.3 Å². The van der Waals surface area contributed by atoms with Gasteiger partial charge < -0.3 is 4.18 Å². The molecule has 0 saturated carbocycles. The Balaban J connectivity index is 0. The Hall–Kier alpha value is 0.0474. The molecule has 0 aromatic rings. The van der Waals surface area contributed by atoms with E-state index in [2.05, 4.69) is 11.1 Å². The fourth-order valence-electron chi connectivity index (χ4n) is 1.57. The van der Waals surface area contributed by atoms with Crippen LogP contribution in [0.15, 0.2) is 12.3 Å². The molecule has 4 nitrogen and oxygen atoms in total. The summed E-state index contributed by atoms with van der Waals surface area (Å²) >= 11 is 0. The molecule has 6 heteroatoms. The summed E-state index contributed by atoms with van der Waals surface area (Å²) in [4.78, 5) is 0. The van der Waals surface area contributed by atoms with Gasteiger partial charge in [0, 0.05) is 0 Å². The summed E-state index contributed by atoms with van der Waals surface area (Å²) in [7, 11) is -4.32. The van der Waals surface area contributed by atoms with Crippen LogP contribution in [0, 0.1) is 0 Å². The summed E-state index contributed by atoms with van der Waals surface area (Å²) in [5.74, 6) is 0. The van der Waals surface area contributed by atoms with E-state index >= 15 is 0 Å². The van der Waals surface area contributed by atoms with Gasteiger partial charge in [-0.15, -0.1) is 0 Å². The minimum atomic E-state index is -4.32. The van der Waals surface area contributed by atoms with Gasteiger partial charge in [-0.3, -0.25) is 4.55 Å². The van der Waals surface area contributed by atoms with E-state index in [4.69, 9.17) is 4.55 Å². The zero-order chi connectivity index (χ0) is 13.0. The van der Waals surface area contributed by atoms with Crippen molar-refractivity contribution in [2.45, 2.75) is 64.7 Å². The Morgan fingerprint density at radius 3 is 2.00 bits per heavy atom. The number of unbranched alkanes of at least 4 members (excludes halogenated alkanes) is 8. The van der Waals surface area contributed by atoms with Crippen LogP contribution in [0.25, 0.3) is 0 Å². The molecule has 0 rings (SSSR count). The molecule has 1 N–H and O–H groups in total. The number of hydrogen-bond donors (Lipinski definition) is 1. The first-order valence-corrected chi connectivity index (χ1v) is 7.73. The molecule has 0 amide bonds. The maximum absolute atomic E-state index is 10.2. The van der Waals surface area contributed by atoms with Crippen LogP contribution in [0.5, 0.6) is 0 Å². The first kappa shape index (κ1) is 20.4. The van der Waals surface area contributed by atoms with E-state index in [1.54, 1.807) is 6.08 Å². The van der Waals surface area contributed by atoms with Crippen LogP contribution in [0.2, 0.25) is 0 Å². The summed E-state index contributed by atoms with van der Waals surface area (Å²) in [6.45, 7) is 2.21. The van der Waals surface area contributed by atoms with E-state index in [0.29, 0.717) is 0 Å². The zero-order valence-electron chi connectivity index (χ0n) is 10.6. The van der Waals surface area contributed by atoms with Gasteiger partial charge in [0.05, 0.1) is 0 Å². The average Bonchev–Trinajstić information content (AvgIpc) is 2.24. The van der Waals surface area contributed by atoms with Gasteiger partial charge in [0.15, 0.2) is 0 Å². The predicted octanol–water partition coefficient (Wildman–Crippen LogP) is 3.20. The van der Waals surface area contributed by atoms with E-state index in [1.807, 2.05) is 0 Å². The van der Waals surface area contributed by atoms with Gasteiger partial charge in [-0.05, 0) is 18.9 Å². The summed E-state index contributed by atoms with van der Waals surface area (Å²) in [6, 6.07) is 0. The third-order valence-corrected chi connectivity index (χ3v) is 2.85. The van der Waals surface area contributed by atoms with E-state index in [-0.39, 0.29) is 18.9 Å². The Labute approximate surface area is 123 Å². The van der Waals surface area contributed by atoms with Gasteiger partial charge in [-0.1, -0.05) is 51.9 Å². The van der Waals surface area contributed by atoms with E-state index in [9.17, 15) is 8.42 Å². The van der Waals surface area contributed by atoms with E-state index in [1.165, 1.54) is 38.5 Å². The minimum absolute atomic E-state index is 0. The Bertz CT molecular complexity index is 288. The molecule has 0 saturated heterocycles. The Kier molecular flexibility index (Phi) is 15.3. The predicted molar refractivity (Wildman–Crippen MR) is 76.1 cm³/mol. The van der Waals surface area contributed by atoms with Crippen molar-refractivity contribution in [2.75, 3.05) is 0 Å². The fourth-order valence-corrected chi connectivity index (χ4v) is 1.79. The third kappa shape index (κ3) is 18.4. The second-order valence-corrected chi connectivity index (χ2v) is 5.21. The van der Waals surface area contributed by atoms with Crippen LogP contribution in [0.4, 0.5) is 0 Å². The monoisotopic (exact) mass is 272 g/mol. The number of hydrogen-bond acceptors (Lipinski definition) is 3. The molecule has 0 radical (unpaired) electrons. The molecule has 0 aliphatic rings. The fraction of sp³-hybridized carbons (Fsp3) is 0.833. The topological polar surface area (TPSA) is 63.6 Å². The van der Waals surface area contributed by atoms with Crippen LogP contribution in [0.1, 0.15) is 64.7 Å². The third-order valence-electron chi connectivity index (χ3n) is 2.50. The van der Waals surface area contributed by atoms with Crippen LogP contribution in [-0.2, 0) is 14.6 Å². The Morgan fingerprint density at radius 1 is 1.00 bits per heavy atom.